The molecular formula is C35H31N5O4. The maximum absolute atomic E-state index is 12.7. The molecule has 1 amide bonds. The molecule has 220 valence electrons. The number of phenols is 1. The van der Waals surface area contributed by atoms with Crippen molar-refractivity contribution in [3.05, 3.63) is 113 Å². The van der Waals surface area contributed by atoms with Gasteiger partial charge in [0, 0.05) is 53.9 Å². The summed E-state index contributed by atoms with van der Waals surface area (Å²) < 4.78 is 1.24. The van der Waals surface area contributed by atoms with Crippen molar-refractivity contribution in [3.63, 3.8) is 0 Å². The molecule has 0 bridgehead atoms. The summed E-state index contributed by atoms with van der Waals surface area (Å²) in [5.74, 6) is -0.389. The Morgan fingerprint density at radius 3 is 2.41 bits per heavy atom. The molecule has 6 rings (SSSR count). The number of hydrogen-bond acceptors (Lipinski definition) is 7. The monoisotopic (exact) mass is 585 g/mol. The van der Waals surface area contributed by atoms with Gasteiger partial charge in [0.1, 0.15) is 11.2 Å². The van der Waals surface area contributed by atoms with Crippen LogP contribution < -0.4 is 10.8 Å². The Hall–Kier alpha value is -5.41. The lowest BCUT2D eigenvalue weighted by Gasteiger charge is -2.32. The molecular weight excluding hydrogens is 554 g/mol. The fourth-order valence-corrected chi connectivity index (χ4v) is 5.67. The molecule has 0 atom stereocenters. The fraction of sp³-hybridized carbons (Fsp3) is 0.171. The normalized spacial score (nSPS) is 13.9. The standard InChI is InChI=1S/C35H31N5O4/c36-34-30-19-29(24-4-2-1-3-5-24)33(38-31(30)14-17-40(34)22-42)25-8-6-23(7-9-25)20-39-15-12-28(13-16-39)37-35(44)26-10-11-32(43)27(18-26)21-41/h1-11,14,17-19,21-22,28,36,43H,12-13,15-16,20H2,(H,37,44). The van der Waals surface area contributed by atoms with Crippen molar-refractivity contribution >= 4 is 29.5 Å². The maximum Gasteiger partial charge on any atom is 0.251 e. The van der Waals surface area contributed by atoms with Gasteiger partial charge in [-0.25, -0.2) is 4.98 Å². The van der Waals surface area contributed by atoms with Crippen LogP contribution in [-0.4, -0.2) is 57.3 Å². The number of likely N-dealkylation sites (tertiary alicyclic amines) is 1. The molecule has 0 aliphatic carbocycles. The van der Waals surface area contributed by atoms with Crippen molar-refractivity contribution in [2.24, 2.45) is 0 Å². The highest BCUT2D eigenvalue weighted by Gasteiger charge is 2.22. The first-order valence-corrected chi connectivity index (χ1v) is 14.5. The van der Waals surface area contributed by atoms with E-state index in [9.17, 15) is 19.5 Å². The number of phenolic OH excluding ortho intramolecular Hbond substituents is 1. The summed E-state index contributed by atoms with van der Waals surface area (Å²) in [6.07, 6.45) is 4.34. The highest BCUT2D eigenvalue weighted by Crippen LogP contribution is 2.33. The van der Waals surface area contributed by atoms with E-state index >= 15 is 0 Å². The Morgan fingerprint density at radius 1 is 0.955 bits per heavy atom. The van der Waals surface area contributed by atoms with Gasteiger partial charge < -0.3 is 10.4 Å². The molecule has 3 N–H and O–H groups in total. The first kappa shape index (κ1) is 28.7. The minimum absolute atomic E-state index is 0.0373. The Morgan fingerprint density at radius 2 is 1.70 bits per heavy atom. The predicted molar refractivity (Wildman–Crippen MR) is 168 cm³/mol. The van der Waals surface area contributed by atoms with E-state index < -0.39 is 0 Å². The molecule has 0 spiro atoms. The molecule has 44 heavy (non-hydrogen) atoms. The predicted octanol–water partition coefficient (Wildman–Crippen LogP) is 4.80. The van der Waals surface area contributed by atoms with Crippen molar-refractivity contribution < 1.29 is 19.5 Å². The molecule has 5 aromatic rings. The van der Waals surface area contributed by atoms with Crippen LogP contribution in [-0.2, 0) is 11.3 Å². The summed E-state index contributed by atoms with van der Waals surface area (Å²) >= 11 is 0. The number of fused-ring (bicyclic) bond motifs is 1. The molecule has 0 radical (unpaired) electrons. The molecule has 1 saturated heterocycles. The van der Waals surface area contributed by atoms with Gasteiger partial charge in [-0.05, 0) is 54.3 Å². The highest BCUT2D eigenvalue weighted by atomic mass is 16.3. The second-order valence-electron chi connectivity index (χ2n) is 11.0. The molecule has 3 heterocycles. The maximum atomic E-state index is 12.7. The smallest absolute Gasteiger partial charge is 0.251 e. The van der Waals surface area contributed by atoms with Gasteiger partial charge in [-0.2, -0.15) is 0 Å². The van der Waals surface area contributed by atoms with Crippen LogP contribution in [0.25, 0.3) is 33.3 Å². The lowest BCUT2D eigenvalue weighted by atomic mass is 9.97. The molecule has 2 aromatic heterocycles. The van der Waals surface area contributed by atoms with Gasteiger partial charge in [-0.15, -0.1) is 0 Å². The topological polar surface area (TPSA) is 128 Å². The van der Waals surface area contributed by atoms with E-state index in [1.54, 1.807) is 12.3 Å². The molecule has 1 aliphatic rings. The molecule has 1 fully saturated rings. The average molecular weight is 586 g/mol. The number of aromatic nitrogens is 2. The van der Waals surface area contributed by atoms with Crippen LogP contribution in [0.2, 0.25) is 0 Å². The van der Waals surface area contributed by atoms with Crippen molar-refractivity contribution in [3.8, 4) is 28.1 Å². The summed E-state index contributed by atoms with van der Waals surface area (Å²) in [4.78, 5) is 42.5. The molecule has 0 unspecified atom stereocenters. The molecule has 3 aromatic carbocycles. The average Bonchev–Trinajstić information content (AvgIpc) is 3.06. The summed E-state index contributed by atoms with van der Waals surface area (Å²) in [5.41, 5.74) is 6.01. The Bertz CT molecular complexity index is 1910. The number of piperidine rings is 1. The number of hydrogen-bond donors (Lipinski definition) is 3. The van der Waals surface area contributed by atoms with Gasteiger partial charge in [0.25, 0.3) is 5.91 Å². The summed E-state index contributed by atoms with van der Waals surface area (Å²) in [7, 11) is 0. The number of aldehydes is 1. The number of rotatable bonds is 8. The van der Waals surface area contributed by atoms with E-state index in [4.69, 9.17) is 10.4 Å². The third kappa shape index (κ3) is 5.91. The van der Waals surface area contributed by atoms with E-state index in [0.717, 1.165) is 54.9 Å². The number of pyridine rings is 2. The van der Waals surface area contributed by atoms with E-state index in [-0.39, 0.29) is 28.7 Å². The number of aromatic hydroxyl groups is 1. The number of nitrogens with one attached hydrogen (secondary N) is 2. The Kier molecular flexibility index (Phi) is 8.12. The third-order valence-electron chi connectivity index (χ3n) is 8.13. The highest BCUT2D eigenvalue weighted by molar-refractivity contribution is 5.96. The summed E-state index contributed by atoms with van der Waals surface area (Å²) in [5, 5.41) is 21.8. The number of carbonyl (C=O) groups is 3. The summed E-state index contributed by atoms with van der Waals surface area (Å²) in [6, 6.07) is 26.3. The zero-order valence-electron chi connectivity index (χ0n) is 23.9. The molecule has 0 saturated carbocycles. The fourth-order valence-electron chi connectivity index (χ4n) is 5.67. The zero-order valence-corrected chi connectivity index (χ0v) is 23.9. The van der Waals surface area contributed by atoms with Gasteiger partial charge in [0.05, 0.1) is 16.8 Å². The van der Waals surface area contributed by atoms with Crippen LogP contribution in [0.3, 0.4) is 0 Å². The van der Waals surface area contributed by atoms with Gasteiger partial charge >= 0.3 is 0 Å². The quantitative estimate of drug-likeness (QED) is 0.225. The number of amides is 1. The Balaban J connectivity index is 1.15. The molecule has 9 heteroatoms. The van der Waals surface area contributed by atoms with Crippen LogP contribution >= 0.6 is 0 Å². The van der Waals surface area contributed by atoms with Crippen molar-refractivity contribution in [1.82, 2.24) is 19.8 Å². The lowest BCUT2D eigenvalue weighted by molar-refractivity contribution is 0.0909. The van der Waals surface area contributed by atoms with E-state index in [1.165, 1.54) is 28.3 Å². The van der Waals surface area contributed by atoms with Gasteiger partial charge in [0.2, 0.25) is 6.41 Å². The number of benzene rings is 3. The van der Waals surface area contributed by atoms with Crippen molar-refractivity contribution in [1.29, 1.82) is 5.41 Å². The first-order chi connectivity index (χ1) is 21.4. The minimum atomic E-state index is -0.249. The van der Waals surface area contributed by atoms with Crippen LogP contribution in [0.4, 0.5) is 0 Å². The van der Waals surface area contributed by atoms with Gasteiger partial charge in [-0.1, -0.05) is 54.6 Å². The van der Waals surface area contributed by atoms with Crippen LogP contribution in [0, 0.1) is 5.41 Å². The Labute approximate surface area is 253 Å². The van der Waals surface area contributed by atoms with Gasteiger partial charge in [-0.3, -0.25) is 29.3 Å². The van der Waals surface area contributed by atoms with Gasteiger partial charge in [0.15, 0.2) is 6.29 Å². The van der Waals surface area contributed by atoms with Crippen LogP contribution in [0.1, 0.15) is 39.1 Å². The largest absolute Gasteiger partial charge is 0.507 e. The second-order valence-corrected chi connectivity index (χ2v) is 11.0. The van der Waals surface area contributed by atoms with E-state index in [2.05, 4.69) is 34.5 Å². The van der Waals surface area contributed by atoms with Crippen molar-refractivity contribution in [2.75, 3.05) is 13.1 Å². The van der Waals surface area contributed by atoms with Crippen molar-refractivity contribution in [2.45, 2.75) is 25.4 Å². The molecule has 9 nitrogen and oxygen atoms in total. The van der Waals surface area contributed by atoms with E-state index in [1.807, 2.05) is 36.4 Å². The van der Waals surface area contributed by atoms with Crippen LogP contribution in [0.5, 0.6) is 5.75 Å². The lowest BCUT2D eigenvalue weighted by Crippen LogP contribution is -2.44. The van der Waals surface area contributed by atoms with E-state index in [0.29, 0.717) is 29.2 Å². The number of carbonyl (C=O) groups excluding carboxylic acids is 3. The molecule has 1 aliphatic heterocycles. The zero-order chi connectivity index (χ0) is 30.6. The number of nitrogens with zero attached hydrogens (tertiary/aromatic N) is 3. The summed E-state index contributed by atoms with van der Waals surface area (Å²) in [6.45, 7) is 2.46. The minimum Gasteiger partial charge on any atom is -0.507 e. The SMILES string of the molecule is N=c1c2cc(-c3ccccc3)c(-c3ccc(CN4CCC(NC(=O)c5ccc(O)c(C=O)c5)CC4)cc3)nc2ccn1C=O. The van der Waals surface area contributed by atoms with Crippen LogP contribution in [0.15, 0.2) is 91.1 Å². The second kappa shape index (κ2) is 12.4. The first-order valence-electron chi connectivity index (χ1n) is 14.5. The third-order valence-corrected chi connectivity index (χ3v) is 8.13.